The molecule has 0 aliphatic carbocycles. The Morgan fingerprint density at radius 3 is 2.50 bits per heavy atom. The van der Waals surface area contributed by atoms with Gasteiger partial charge in [0.05, 0.1) is 24.5 Å². The SMILES string of the molecule is COS(=O)(=O)CC1CN(c2ccc(C#N)cc2)C1. The minimum Gasteiger partial charge on any atom is -0.371 e. The Labute approximate surface area is 107 Å². The molecule has 0 bridgehead atoms. The van der Waals surface area contributed by atoms with Crippen LogP contribution in [0.4, 0.5) is 5.69 Å². The summed E-state index contributed by atoms with van der Waals surface area (Å²) in [4.78, 5) is 2.08. The molecule has 96 valence electrons. The molecule has 2 rings (SSSR count). The molecule has 1 saturated heterocycles. The summed E-state index contributed by atoms with van der Waals surface area (Å²) in [6, 6.07) is 9.33. The normalized spacial score (nSPS) is 16.1. The Morgan fingerprint density at radius 2 is 2.00 bits per heavy atom. The fraction of sp³-hybridized carbons (Fsp3) is 0.417. The lowest BCUT2D eigenvalue weighted by molar-refractivity contribution is 0.374. The highest BCUT2D eigenvalue weighted by atomic mass is 32.2. The van der Waals surface area contributed by atoms with Crippen molar-refractivity contribution in [2.75, 3.05) is 30.9 Å². The summed E-state index contributed by atoms with van der Waals surface area (Å²) in [5.74, 6) is 0.182. The van der Waals surface area contributed by atoms with E-state index in [1.807, 2.05) is 12.1 Å². The van der Waals surface area contributed by atoms with E-state index in [2.05, 4.69) is 15.2 Å². The fourth-order valence-electron chi connectivity index (χ4n) is 1.99. The molecule has 0 radical (unpaired) electrons. The van der Waals surface area contributed by atoms with Crippen molar-refractivity contribution in [2.24, 2.45) is 5.92 Å². The monoisotopic (exact) mass is 266 g/mol. The van der Waals surface area contributed by atoms with Gasteiger partial charge in [-0.25, -0.2) is 0 Å². The van der Waals surface area contributed by atoms with Crippen LogP contribution in [0.25, 0.3) is 0 Å². The van der Waals surface area contributed by atoms with Crippen molar-refractivity contribution in [3.8, 4) is 6.07 Å². The summed E-state index contributed by atoms with van der Waals surface area (Å²) < 4.78 is 26.9. The van der Waals surface area contributed by atoms with Gasteiger partial charge in [-0.05, 0) is 24.3 Å². The molecule has 0 spiro atoms. The largest absolute Gasteiger partial charge is 0.371 e. The summed E-state index contributed by atoms with van der Waals surface area (Å²) in [7, 11) is -2.18. The van der Waals surface area contributed by atoms with Gasteiger partial charge >= 0.3 is 0 Å². The van der Waals surface area contributed by atoms with Crippen LogP contribution < -0.4 is 4.90 Å². The maximum Gasteiger partial charge on any atom is 0.267 e. The van der Waals surface area contributed by atoms with E-state index in [0.29, 0.717) is 18.7 Å². The first-order chi connectivity index (χ1) is 8.54. The van der Waals surface area contributed by atoms with Crippen LogP contribution in [0.2, 0.25) is 0 Å². The summed E-state index contributed by atoms with van der Waals surface area (Å²) >= 11 is 0. The van der Waals surface area contributed by atoms with Crippen molar-refractivity contribution in [1.29, 1.82) is 5.26 Å². The quantitative estimate of drug-likeness (QED) is 0.759. The van der Waals surface area contributed by atoms with Crippen LogP contribution in [-0.4, -0.2) is 34.4 Å². The third kappa shape index (κ3) is 2.81. The highest BCUT2D eigenvalue weighted by Crippen LogP contribution is 2.25. The fourth-order valence-corrected chi connectivity index (χ4v) is 2.91. The number of nitriles is 1. The standard InChI is InChI=1S/C12H14N2O3S/c1-17-18(15,16)9-11-7-14(8-11)12-4-2-10(6-13)3-5-12/h2-5,11H,7-9H2,1H3. The van der Waals surface area contributed by atoms with E-state index < -0.39 is 10.1 Å². The lowest BCUT2D eigenvalue weighted by Gasteiger charge is -2.40. The molecule has 1 heterocycles. The molecule has 1 fully saturated rings. The van der Waals surface area contributed by atoms with Gasteiger partial charge in [0.1, 0.15) is 0 Å². The van der Waals surface area contributed by atoms with Gasteiger partial charge in [-0.2, -0.15) is 13.7 Å². The number of hydrogen-bond acceptors (Lipinski definition) is 5. The lowest BCUT2D eigenvalue weighted by atomic mass is 10.0. The van der Waals surface area contributed by atoms with Crippen molar-refractivity contribution in [1.82, 2.24) is 0 Å². The zero-order valence-electron chi connectivity index (χ0n) is 10.0. The molecule has 1 aromatic rings. The first kappa shape index (κ1) is 12.9. The number of nitrogens with zero attached hydrogens (tertiary/aromatic N) is 2. The van der Waals surface area contributed by atoms with Crippen molar-refractivity contribution in [3.63, 3.8) is 0 Å². The van der Waals surface area contributed by atoms with Crippen molar-refractivity contribution in [2.45, 2.75) is 0 Å². The van der Waals surface area contributed by atoms with E-state index in [9.17, 15) is 8.42 Å². The third-order valence-electron chi connectivity index (χ3n) is 3.01. The van der Waals surface area contributed by atoms with Crippen LogP contribution >= 0.6 is 0 Å². The van der Waals surface area contributed by atoms with Gasteiger partial charge in [-0.3, -0.25) is 4.18 Å². The van der Waals surface area contributed by atoms with Crippen LogP contribution in [0.15, 0.2) is 24.3 Å². The number of anilines is 1. The van der Waals surface area contributed by atoms with Gasteiger partial charge in [-0.1, -0.05) is 0 Å². The molecule has 0 saturated carbocycles. The first-order valence-electron chi connectivity index (χ1n) is 5.57. The second-order valence-corrected chi connectivity index (χ2v) is 6.10. The average Bonchev–Trinajstić information content (AvgIpc) is 2.34. The topological polar surface area (TPSA) is 70.4 Å². The molecule has 1 aliphatic rings. The predicted molar refractivity (Wildman–Crippen MR) is 67.7 cm³/mol. The molecule has 5 nitrogen and oxygen atoms in total. The Balaban J connectivity index is 1.91. The summed E-state index contributed by atoms with van der Waals surface area (Å²) in [5, 5.41) is 8.69. The molecular weight excluding hydrogens is 252 g/mol. The highest BCUT2D eigenvalue weighted by Gasteiger charge is 2.31. The van der Waals surface area contributed by atoms with E-state index in [0.717, 1.165) is 5.69 Å². The maximum atomic E-state index is 11.3. The van der Waals surface area contributed by atoms with Crippen molar-refractivity contribution in [3.05, 3.63) is 29.8 Å². The van der Waals surface area contributed by atoms with Gasteiger partial charge in [0, 0.05) is 24.7 Å². The smallest absolute Gasteiger partial charge is 0.267 e. The zero-order valence-corrected chi connectivity index (χ0v) is 10.9. The number of benzene rings is 1. The second kappa shape index (κ2) is 4.96. The van der Waals surface area contributed by atoms with E-state index in [1.54, 1.807) is 12.1 Å². The van der Waals surface area contributed by atoms with E-state index in [-0.39, 0.29) is 11.7 Å². The van der Waals surface area contributed by atoms with Gasteiger partial charge in [-0.15, -0.1) is 0 Å². The van der Waals surface area contributed by atoms with Crippen molar-refractivity contribution < 1.29 is 12.6 Å². The predicted octanol–water partition coefficient (Wildman–Crippen LogP) is 0.971. The summed E-state index contributed by atoms with van der Waals surface area (Å²) in [6.07, 6.45) is 0. The highest BCUT2D eigenvalue weighted by molar-refractivity contribution is 7.86. The van der Waals surface area contributed by atoms with Gasteiger partial charge < -0.3 is 4.90 Å². The van der Waals surface area contributed by atoms with Crippen LogP contribution in [0, 0.1) is 17.2 Å². The Hall–Kier alpha value is -1.58. The third-order valence-corrected chi connectivity index (χ3v) is 4.40. The van der Waals surface area contributed by atoms with Gasteiger partial charge in [0.25, 0.3) is 10.1 Å². The molecule has 0 amide bonds. The molecule has 0 unspecified atom stereocenters. The number of hydrogen-bond donors (Lipinski definition) is 0. The average molecular weight is 266 g/mol. The summed E-state index contributed by atoms with van der Waals surface area (Å²) in [5.41, 5.74) is 1.64. The molecule has 0 atom stereocenters. The van der Waals surface area contributed by atoms with E-state index in [1.165, 1.54) is 7.11 Å². The Morgan fingerprint density at radius 1 is 1.39 bits per heavy atom. The van der Waals surface area contributed by atoms with Gasteiger partial charge in [0.15, 0.2) is 0 Å². The van der Waals surface area contributed by atoms with Crippen LogP contribution in [0.1, 0.15) is 5.56 Å². The van der Waals surface area contributed by atoms with Crippen molar-refractivity contribution >= 4 is 15.8 Å². The Bertz CT molecular complexity index is 554. The minimum absolute atomic E-state index is 0.0658. The first-order valence-corrected chi connectivity index (χ1v) is 7.15. The van der Waals surface area contributed by atoms with Gasteiger partial charge in [0.2, 0.25) is 0 Å². The molecule has 18 heavy (non-hydrogen) atoms. The molecule has 0 aromatic heterocycles. The van der Waals surface area contributed by atoms with Crippen LogP contribution in [-0.2, 0) is 14.3 Å². The molecule has 1 aliphatic heterocycles. The second-order valence-electron chi connectivity index (χ2n) is 4.32. The zero-order chi connectivity index (χ0) is 13.2. The Kier molecular flexibility index (Phi) is 3.55. The lowest BCUT2D eigenvalue weighted by Crippen LogP contribution is -2.49. The molecule has 1 aromatic carbocycles. The number of rotatable bonds is 4. The van der Waals surface area contributed by atoms with E-state index in [4.69, 9.17) is 5.26 Å². The van der Waals surface area contributed by atoms with Crippen LogP contribution in [0.5, 0.6) is 0 Å². The maximum absolute atomic E-state index is 11.3. The van der Waals surface area contributed by atoms with Crippen LogP contribution in [0.3, 0.4) is 0 Å². The molecular formula is C12H14N2O3S. The molecule has 0 N–H and O–H groups in total. The minimum atomic E-state index is -3.37. The molecule has 6 heteroatoms. The summed E-state index contributed by atoms with van der Waals surface area (Å²) in [6.45, 7) is 1.41. The van der Waals surface area contributed by atoms with E-state index >= 15 is 0 Å².